The van der Waals surface area contributed by atoms with Crippen LogP contribution in [0.5, 0.6) is 0 Å². The average Bonchev–Trinajstić information content (AvgIpc) is 3.07. The molecule has 0 saturated heterocycles. The number of rotatable bonds is 4. The van der Waals surface area contributed by atoms with Gasteiger partial charge < -0.3 is 11.1 Å². The molecule has 0 aliphatic heterocycles. The summed E-state index contributed by atoms with van der Waals surface area (Å²) in [4.78, 5) is 16.9. The zero-order valence-electron chi connectivity index (χ0n) is 14.3. The molecule has 1 amide bonds. The maximum Gasteiger partial charge on any atom is 0.270 e. The largest absolute Gasteiger partial charge is 0.348 e. The second-order valence-corrected chi connectivity index (χ2v) is 7.76. The van der Waals surface area contributed by atoms with Gasteiger partial charge in [-0.15, -0.1) is 11.3 Å². The fraction of sp³-hybridized carbons (Fsp3) is 0.474. The van der Waals surface area contributed by atoms with E-state index in [9.17, 15) is 4.79 Å². The molecule has 0 atom stereocenters. The summed E-state index contributed by atoms with van der Waals surface area (Å²) in [5.41, 5.74) is 8.80. The Hall–Kier alpha value is -1.72. The van der Waals surface area contributed by atoms with Crippen molar-refractivity contribution in [3.8, 4) is 10.6 Å². The van der Waals surface area contributed by atoms with Crippen molar-refractivity contribution in [1.82, 2.24) is 10.3 Å². The molecule has 1 aliphatic carbocycles. The monoisotopic (exact) mass is 343 g/mol. The summed E-state index contributed by atoms with van der Waals surface area (Å²) >= 11 is 1.52. The predicted molar refractivity (Wildman–Crippen MR) is 99.3 cm³/mol. The summed E-state index contributed by atoms with van der Waals surface area (Å²) in [6.45, 7) is 4.36. The number of thiazole rings is 1. The number of hydrogen-bond acceptors (Lipinski definition) is 4. The van der Waals surface area contributed by atoms with Gasteiger partial charge in [0.25, 0.3) is 5.91 Å². The molecule has 0 bridgehead atoms. The highest BCUT2D eigenvalue weighted by atomic mass is 32.1. The predicted octanol–water partition coefficient (Wildman–Crippen LogP) is 3.93. The van der Waals surface area contributed by atoms with Gasteiger partial charge in [0, 0.05) is 23.0 Å². The van der Waals surface area contributed by atoms with E-state index in [2.05, 4.69) is 48.4 Å². The first-order valence-corrected chi connectivity index (χ1v) is 9.53. The fourth-order valence-corrected chi connectivity index (χ4v) is 3.85. The summed E-state index contributed by atoms with van der Waals surface area (Å²) in [6, 6.07) is 8.95. The topological polar surface area (TPSA) is 68.0 Å². The van der Waals surface area contributed by atoms with Gasteiger partial charge in [0.05, 0.1) is 0 Å². The number of amides is 1. The van der Waals surface area contributed by atoms with Gasteiger partial charge in [-0.1, -0.05) is 38.1 Å². The SMILES string of the molecule is CC(C)c1ccc(-c2nc(C(=O)NC3CCC(N)CC3)cs2)cc1. The maximum absolute atomic E-state index is 12.4. The van der Waals surface area contributed by atoms with E-state index in [0.717, 1.165) is 36.3 Å². The van der Waals surface area contributed by atoms with Crippen LogP contribution in [-0.4, -0.2) is 23.0 Å². The lowest BCUT2D eigenvalue weighted by molar-refractivity contribution is 0.0921. The Bertz CT molecular complexity index is 685. The highest BCUT2D eigenvalue weighted by molar-refractivity contribution is 7.13. The Balaban J connectivity index is 1.65. The van der Waals surface area contributed by atoms with Crippen LogP contribution >= 0.6 is 11.3 Å². The van der Waals surface area contributed by atoms with Crippen molar-refractivity contribution in [3.05, 3.63) is 40.9 Å². The number of carbonyl (C=O) groups excluding carboxylic acids is 1. The molecule has 0 radical (unpaired) electrons. The number of hydrogen-bond donors (Lipinski definition) is 2. The third-order valence-corrected chi connectivity index (χ3v) is 5.56. The summed E-state index contributed by atoms with van der Waals surface area (Å²) in [5, 5.41) is 5.83. The number of aromatic nitrogens is 1. The Morgan fingerprint density at radius 1 is 1.21 bits per heavy atom. The van der Waals surface area contributed by atoms with Gasteiger partial charge >= 0.3 is 0 Å². The van der Waals surface area contributed by atoms with Gasteiger partial charge in [-0.3, -0.25) is 4.79 Å². The van der Waals surface area contributed by atoms with Gasteiger partial charge in [-0.05, 0) is 37.2 Å². The molecule has 0 spiro atoms. The van der Waals surface area contributed by atoms with E-state index >= 15 is 0 Å². The van der Waals surface area contributed by atoms with E-state index in [1.165, 1.54) is 16.9 Å². The Morgan fingerprint density at radius 2 is 1.88 bits per heavy atom. The zero-order valence-corrected chi connectivity index (χ0v) is 15.1. The minimum atomic E-state index is -0.0724. The third-order valence-electron chi connectivity index (χ3n) is 4.67. The first kappa shape index (κ1) is 17.1. The van der Waals surface area contributed by atoms with Crippen molar-refractivity contribution < 1.29 is 4.79 Å². The Kier molecular flexibility index (Phi) is 5.31. The van der Waals surface area contributed by atoms with E-state index in [0.29, 0.717) is 11.6 Å². The fourth-order valence-electron chi connectivity index (χ4n) is 3.04. The van der Waals surface area contributed by atoms with Crippen molar-refractivity contribution >= 4 is 17.2 Å². The lowest BCUT2D eigenvalue weighted by Crippen LogP contribution is -2.40. The molecule has 1 fully saturated rings. The minimum absolute atomic E-state index is 0.0724. The van der Waals surface area contributed by atoms with Gasteiger partial charge in [-0.25, -0.2) is 4.98 Å². The van der Waals surface area contributed by atoms with E-state index in [1.54, 1.807) is 0 Å². The molecule has 0 unspecified atom stereocenters. The van der Waals surface area contributed by atoms with Crippen molar-refractivity contribution in [2.75, 3.05) is 0 Å². The smallest absolute Gasteiger partial charge is 0.270 e. The van der Waals surface area contributed by atoms with Crippen LogP contribution in [0.15, 0.2) is 29.6 Å². The number of nitrogens with zero attached hydrogens (tertiary/aromatic N) is 1. The zero-order chi connectivity index (χ0) is 17.1. The number of nitrogens with one attached hydrogen (secondary N) is 1. The first-order chi connectivity index (χ1) is 11.5. The van der Waals surface area contributed by atoms with Crippen molar-refractivity contribution in [2.24, 2.45) is 5.73 Å². The molecule has 3 rings (SSSR count). The van der Waals surface area contributed by atoms with Crippen molar-refractivity contribution in [1.29, 1.82) is 0 Å². The van der Waals surface area contributed by atoms with Crippen LogP contribution in [0.25, 0.3) is 10.6 Å². The summed E-state index contributed by atoms with van der Waals surface area (Å²) in [6.07, 6.45) is 3.88. The molecule has 3 N–H and O–H groups in total. The van der Waals surface area contributed by atoms with Crippen LogP contribution in [0.2, 0.25) is 0 Å². The first-order valence-electron chi connectivity index (χ1n) is 8.65. The molecule has 1 aliphatic rings. The van der Waals surface area contributed by atoms with Crippen LogP contribution in [0.3, 0.4) is 0 Å². The number of nitrogens with two attached hydrogens (primary N) is 1. The van der Waals surface area contributed by atoms with Crippen molar-refractivity contribution in [2.45, 2.75) is 57.5 Å². The third kappa shape index (κ3) is 4.02. The molecule has 128 valence electrons. The van der Waals surface area contributed by atoms with Crippen LogP contribution < -0.4 is 11.1 Å². The molecule has 1 saturated carbocycles. The Labute approximate surface area is 147 Å². The molecule has 1 heterocycles. The summed E-state index contributed by atoms with van der Waals surface area (Å²) in [7, 11) is 0. The van der Waals surface area contributed by atoms with E-state index in [4.69, 9.17) is 5.73 Å². The Morgan fingerprint density at radius 3 is 2.50 bits per heavy atom. The normalized spacial score (nSPS) is 21.0. The molecular weight excluding hydrogens is 318 g/mol. The molecule has 24 heavy (non-hydrogen) atoms. The van der Waals surface area contributed by atoms with Gasteiger partial charge in [-0.2, -0.15) is 0 Å². The number of carbonyl (C=O) groups is 1. The lowest BCUT2D eigenvalue weighted by Gasteiger charge is -2.26. The van der Waals surface area contributed by atoms with E-state index in [-0.39, 0.29) is 18.0 Å². The second-order valence-electron chi connectivity index (χ2n) is 6.90. The highest BCUT2D eigenvalue weighted by Gasteiger charge is 2.21. The van der Waals surface area contributed by atoms with Crippen LogP contribution in [-0.2, 0) is 0 Å². The second kappa shape index (κ2) is 7.45. The van der Waals surface area contributed by atoms with Crippen LogP contribution in [0.1, 0.15) is 61.5 Å². The summed E-state index contributed by atoms with van der Waals surface area (Å²) < 4.78 is 0. The van der Waals surface area contributed by atoms with E-state index in [1.807, 2.05) is 5.38 Å². The average molecular weight is 343 g/mol. The molecule has 4 nitrogen and oxygen atoms in total. The molecule has 2 aromatic rings. The summed E-state index contributed by atoms with van der Waals surface area (Å²) in [5.74, 6) is 0.442. The molecule has 1 aromatic carbocycles. The van der Waals surface area contributed by atoms with Gasteiger partial charge in [0.2, 0.25) is 0 Å². The molecule has 1 aromatic heterocycles. The number of benzene rings is 1. The highest BCUT2D eigenvalue weighted by Crippen LogP contribution is 2.26. The van der Waals surface area contributed by atoms with E-state index < -0.39 is 0 Å². The van der Waals surface area contributed by atoms with Crippen LogP contribution in [0.4, 0.5) is 0 Å². The lowest BCUT2D eigenvalue weighted by atomic mass is 9.92. The molecular formula is C19H25N3OS. The van der Waals surface area contributed by atoms with Gasteiger partial charge in [0.1, 0.15) is 10.7 Å². The maximum atomic E-state index is 12.4. The standard InChI is InChI=1S/C19H25N3OS/c1-12(2)13-3-5-14(6-4-13)19-22-17(11-24-19)18(23)21-16-9-7-15(20)8-10-16/h3-6,11-12,15-16H,7-10,20H2,1-2H3,(H,21,23). The minimum Gasteiger partial charge on any atom is -0.348 e. The van der Waals surface area contributed by atoms with Crippen LogP contribution in [0, 0.1) is 0 Å². The van der Waals surface area contributed by atoms with Gasteiger partial charge in [0.15, 0.2) is 0 Å². The molecule has 5 heteroatoms. The quantitative estimate of drug-likeness (QED) is 0.884. The van der Waals surface area contributed by atoms with Crippen molar-refractivity contribution in [3.63, 3.8) is 0 Å².